The highest BCUT2D eigenvalue weighted by atomic mass is 127. The maximum absolute atomic E-state index is 5.16. The van der Waals surface area contributed by atoms with Gasteiger partial charge in [0.25, 0.3) is 0 Å². The maximum Gasteiger partial charge on any atom is 0.134 e. The summed E-state index contributed by atoms with van der Waals surface area (Å²) < 4.78 is 9.62. The zero-order chi connectivity index (χ0) is 6.10. The summed E-state index contributed by atoms with van der Waals surface area (Å²) in [6.07, 6.45) is 3.79. The highest BCUT2D eigenvalue weighted by molar-refractivity contribution is 14.2. The molecule has 46 valence electrons. The molecule has 0 aliphatic carbocycles. The van der Waals surface area contributed by atoms with Crippen LogP contribution < -0.4 is 0 Å². The molecule has 1 aliphatic rings. The van der Waals surface area contributed by atoms with E-state index in [0.29, 0.717) is 0 Å². The fraction of sp³-hybridized carbons (Fsp3) is 0. The van der Waals surface area contributed by atoms with Crippen LogP contribution >= 0.6 is 20.7 Å². The van der Waals surface area contributed by atoms with Crippen LogP contribution in [0.5, 0.6) is 0 Å². The first-order chi connectivity index (χ1) is 4.47. The molecule has 0 unspecified atom stereocenters. The number of furan rings is 1. The molecule has 0 spiro atoms. The van der Waals surface area contributed by atoms with E-state index in [-0.39, 0.29) is 20.7 Å². The molecule has 1 aromatic rings. The molecule has 0 saturated heterocycles. The van der Waals surface area contributed by atoms with Crippen molar-refractivity contribution in [1.29, 1.82) is 0 Å². The van der Waals surface area contributed by atoms with Gasteiger partial charge >= 0.3 is 0 Å². The van der Waals surface area contributed by atoms with Crippen molar-refractivity contribution in [1.82, 2.24) is 0 Å². The molecular weight excluding hydrogens is 227 g/mol. The lowest BCUT2D eigenvalue weighted by Gasteiger charge is -1.91. The van der Waals surface area contributed by atoms with Crippen molar-refractivity contribution in [2.75, 3.05) is 0 Å². The zero-order valence-corrected chi connectivity index (χ0v) is 6.83. The van der Waals surface area contributed by atoms with Crippen LogP contribution in [-0.4, -0.2) is 4.01 Å². The Balaban J connectivity index is 2.68. The Morgan fingerprint density at radius 1 is 1.44 bits per heavy atom. The molecule has 0 bridgehead atoms. The van der Waals surface area contributed by atoms with E-state index in [2.05, 4.69) is 14.2 Å². The van der Waals surface area contributed by atoms with E-state index in [9.17, 15) is 0 Å². The molecule has 0 radical (unpaired) electrons. The van der Waals surface area contributed by atoms with Gasteiger partial charge in [0.2, 0.25) is 0 Å². The van der Waals surface area contributed by atoms with Gasteiger partial charge in [-0.05, 0) is 20.2 Å². The number of hydrogen-bond acceptors (Lipinski definition) is 1. The van der Waals surface area contributed by atoms with Crippen LogP contribution in [0, 0.1) is 0 Å². The van der Waals surface area contributed by atoms with Crippen molar-refractivity contribution in [2.45, 2.75) is 0 Å². The van der Waals surface area contributed by atoms with Crippen molar-refractivity contribution in [2.24, 2.45) is 0 Å². The second kappa shape index (κ2) is 2.10. The minimum atomic E-state index is 0.186. The first-order valence-corrected chi connectivity index (χ1v) is 5.15. The second-order valence-corrected chi connectivity index (χ2v) is 3.83. The van der Waals surface area contributed by atoms with Crippen LogP contribution in [-0.2, 0) is 0 Å². The Hall–Kier alpha value is -0.380. The van der Waals surface area contributed by atoms with E-state index in [4.69, 9.17) is 4.42 Å². The van der Waals surface area contributed by atoms with Gasteiger partial charge in [-0.2, -0.15) is 0 Å². The SMILES string of the molecule is C1=Cc2occc2C=I1. The smallest absolute Gasteiger partial charge is 0.134 e. The number of rotatable bonds is 0. The van der Waals surface area contributed by atoms with Gasteiger partial charge in [0.1, 0.15) is 5.76 Å². The van der Waals surface area contributed by atoms with Crippen LogP contribution in [0.1, 0.15) is 11.3 Å². The summed E-state index contributed by atoms with van der Waals surface area (Å²) in [6, 6.07) is 2.01. The quantitative estimate of drug-likeness (QED) is 0.626. The summed E-state index contributed by atoms with van der Waals surface area (Å²) in [5.74, 6) is 1.01. The largest absolute Gasteiger partial charge is 0.464 e. The Morgan fingerprint density at radius 3 is 3.33 bits per heavy atom. The van der Waals surface area contributed by atoms with E-state index in [0.717, 1.165) is 5.76 Å². The molecule has 0 N–H and O–H groups in total. The summed E-state index contributed by atoms with van der Waals surface area (Å²) in [5.41, 5.74) is 1.27. The molecule has 0 atom stereocenters. The standard InChI is InChI=1S/C7H5IO/c1-3-8-5-6-2-4-9-7(1)6/h1-5H. The predicted octanol–water partition coefficient (Wildman–Crippen LogP) is 2.38. The molecule has 2 rings (SSSR count). The zero-order valence-electron chi connectivity index (χ0n) is 4.67. The van der Waals surface area contributed by atoms with E-state index in [1.807, 2.05) is 6.07 Å². The van der Waals surface area contributed by atoms with Crippen molar-refractivity contribution in [3.05, 3.63) is 27.7 Å². The van der Waals surface area contributed by atoms with Gasteiger partial charge in [-0.1, -0.05) is 20.7 Å². The Labute approximate surface area is 63.1 Å². The average Bonchev–Trinajstić information content (AvgIpc) is 2.33. The van der Waals surface area contributed by atoms with Crippen molar-refractivity contribution in [3.63, 3.8) is 0 Å². The molecular formula is C7H5IO. The lowest BCUT2D eigenvalue weighted by Crippen LogP contribution is -1.78. The van der Waals surface area contributed by atoms with Gasteiger partial charge in [-0.15, -0.1) is 0 Å². The normalized spacial score (nSPS) is 14.7. The molecule has 9 heavy (non-hydrogen) atoms. The lowest BCUT2D eigenvalue weighted by atomic mass is 10.3. The molecule has 2 heterocycles. The molecule has 0 saturated carbocycles. The molecule has 2 heteroatoms. The molecule has 1 nitrogen and oxygen atoms in total. The van der Waals surface area contributed by atoms with Gasteiger partial charge in [-0.25, -0.2) is 0 Å². The summed E-state index contributed by atoms with van der Waals surface area (Å²) in [7, 11) is 0. The third-order valence-corrected chi connectivity index (χ3v) is 3.00. The minimum Gasteiger partial charge on any atom is -0.464 e. The van der Waals surface area contributed by atoms with Crippen LogP contribution in [0.25, 0.3) is 6.08 Å². The molecule has 0 amide bonds. The monoisotopic (exact) mass is 232 g/mol. The van der Waals surface area contributed by atoms with Crippen LogP contribution in [0.4, 0.5) is 0 Å². The van der Waals surface area contributed by atoms with Crippen LogP contribution in [0.3, 0.4) is 0 Å². The van der Waals surface area contributed by atoms with E-state index < -0.39 is 0 Å². The average molecular weight is 232 g/mol. The van der Waals surface area contributed by atoms with Gasteiger partial charge in [0.05, 0.1) is 6.26 Å². The van der Waals surface area contributed by atoms with Gasteiger partial charge in [0.15, 0.2) is 0 Å². The van der Waals surface area contributed by atoms with Gasteiger partial charge < -0.3 is 4.42 Å². The highest BCUT2D eigenvalue weighted by Crippen LogP contribution is 2.19. The molecule has 0 fully saturated rings. The summed E-state index contributed by atoms with van der Waals surface area (Å²) >= 11 is 0.186. The topological polar surface area (TPSA) is 13.1 Å². The molecule has 0 aromatic carbocycles. The van der Waals surface area contributed by atoms with Gasteiger partial charge in [0, 0.05) is 5.56 Å². The number of hydrogen-bond donors (Lipinski definition) is 0. The third-order valence-electron chi connectivity index (χ3n) is 1.19. The maximum atomic E-state index is 5.16. The van der Waals surface area contributed by atoms with Crippen LogP contribution in [0.15, 0.2) is 20.8 Å². The number of fused-ring (bicyclic) bond motifs is 1. The van der Waals surface area contributed by atoms with E-state index in [1.165, 1.54) is 5.56 Å². The fourth-order valence-electron chi connectivity index (χ4n) is 0.754. The van der Waals surface area contributed by atoms with E-state index in [1.54, 1.807) is 6.26 Å². The lowest BCUT2D eigenvalue weighted by molar-refractivity contribution is 0.557. The summed E-state index contributed by atoms with van der Waals surface area (Å²) in [5, 5.41) is 0. The summed E-state index contributed by atoms with van der Waals surface area (Å²) in [6.45, 7) is 0. The van der Waals surface area contributed by atoms with Crippen molar-refractivity contribution >= 4 is 30.8 Å². The summed E-state index contributed by atoms with van der Waals surface area (Å²) in [4.78, 5) is 0. The van der Waals surface area contributed by atoms with Crippen molar-refractivity contribution < 1.29 is 4.42 Å². The number of halogens is 1. The Kier molecular flexibility index (Phi) is 1.26. The fourth-order valence-corrected chi connectivity index (χ4v) is 2.40. The highest BCUT2D eigenvalue weighted by Gasteiger charge is 2.00. The Bertz CT molecular complexity index is 244. The van der Waals surface area contributed by atoms with Gasteiger partial charge in [-0.3, -0.25) is 0 Å². The van der Waals surface area contributed by atoms with Crippen LogP contribution in [0.2, 0.25) is 0 Å². The molecule has 1 aliphatic heterocycles. The van der Waals surface area contributed by atoms with E-state index >= 15 is 0 Å². The third kappa shape index (κ3) is 0.871. The molecule has 1 aromatic heterocycles. The first kappa shape index (κ1) is 5.41. The first-order valence-electron chi connectivity index (χ1n) is 2.66. The predicted molar refractivity (Wildman–Crippen MR) is 46.9 cm³/mol. The minimum absolute atomic E-state index is 0.186. The Morgan fingerprint density at radius 2 is 2.44 bits per heavy atom. The van der Waals surface area contributed by atoms with Crippen molar-refractivity contribution in [3.8, 4) is 0 Å². The second-order valence-electron chi connectivity index (χ2n) is 1.77.